The lowest BCUT2D eigenvalue weighted by Gasteiger charge is -2.21. The van der Waals surface area contributed by atoms with Crippen LogP contribution in [0.3, 0.4) is 0 Å². The molecule has 0 bridgehead atoms. The van der Waals surface area contributed by atoms with Gasteiger partial charge in [-0.25, -0.2) is 4.68 Å². The van der Waals surface area contributed by atoms with E-state index in [1.807, 2.05) is 0 Å². The van der Waals surface area contributed by atoms with E-state index in [1.54, 1.807) is 0 Å². The highest BCUT2D eigenvalue weighted by Crippen LogP contribution is 2.51. The normalized spacial score (nSPS) is 17.1. The van der Waals surface area contributed by atoms with Gasteiger partial charge in [-0.3, -0.25) is 4.79 Å². The molecule has 2 rings (SSSR count). The largest absolute Gasteiger partial charge is 0.408 e. The summed E-state index contributed by atoms with van der Waals surface area (Å²) in [4.78, 5) is 11.8. The first kappa shape index (κ1) is 16.1. The Morgan fingerprint density at radius 2 is 2.10 bits per heavy atom. The smallest absolute Gasteiger partial charge is 0.382 e. The Hall–Kier alpha value is -1.24. The molecule has 4 nitrogen and oxygen atoms in total. The number of aromatic nitrogens is 2. The van der Waals surface area contributed by atoms with Gasteiger partial charge in [0, 0.05) is 6.54 Å². The summed E-state index contributed by atoms with van der Waals surface area (Å²) in [5.74, 6) is 0.488. The summed E-state index contributed by atoms with van der Waals surface area (Å²) >= 11 is 5.85. The summed E-state index contributed by atoms with van der Waals surface area (Å²) < 4.78 is 37.2. The van der Waals surface area contributed by atoms with Crippen molar-refractivity contribution in [1.82, 2.24) is 9.78 Å². The average molecular weight is 324 g/mol. The number of hydrogen-bond donors (Lipinski definition) is 1. The van der Waals surface area contributed by atoms with Gasteiger partial charge in [0.25, 0.3) is 5.56 Å². The maximum Gasteiger partial charge on any atom is 0.408 e. The second-order valence-corrected chi connectivity index (χ2v) is 6.20. The van der Waals surface area contributed by atoms with E-state index in [0.717, 1.165) is 12.8 Å². The highest BCUT2D eigenvalue weighted by Gasteiger charge is 2.45. The van der Waals surface area contributed by atoms with E-state index < -0.39 is 18.3 Å². The number of anilines is 1. The van der Waals surface area contributed by atoms with Gasteiger partial charge in [0.1, 0.15) is 11.6 Å². The zero-order chi connectivity index (χ0) is 15.8. The van der Waals surface area contributed by atoms with Crippen molar-refractivity contribution in [2.75, 3.05) is 11.9 Å². The van der Waals surface area contributed by atoms with Crippen molar-refractivity contribution in [2.45, 2.75) is 39.4 Å². The minimum atomic E-state index is -4.51. The predicted octanol–water partition coefficient (Wildman–Crippen LogP) is 3.31. The molecule has 1 fully saturated rings. The molecule has 1 aliphatic carbocycles. The lowest BCUT2D eigenvalue weighted by atomic mass is 9.92. The summed E-state index contributed by atoms with van der Waals surface area (Å²) in [5, 5.41) is 6.31. The van der Waals surface area contributed by atoms with E-state index in [2.05, 4.69) is 24.3 Å². The lowest BCUT2D eigenvalue weighted by Crippen LogP contribution is -2.31. The lowest BCUT2D eigenvalue weighted by molar-refractivity contribution is -0.143. The van der Waals surface area contributed by atoms with E-state index in [4.69, 9.17) is 11.6 Å². The molecule has 21 heavy (non-hydrogen) atoms. The Morgan fingerprint density at radius 3 is 2.57 bits per heavy atom. The predicted molar refractivity (Wildman–Crippen MR) is 74.6 cm³/mol. The highest BCUT2D eigenvalue weighted by atomic mass is 35.5. The quantitative estimate of drug-likeness (QED) is 0.904. The third-order valence-electron chi connectivity index (χ3n) is 4.06. The molecule has 0 unspecified atom stereocenters. The van der Waals surface area contributed by atoms with Crippen molar-refractivity contribution in [1.29, 1.82) is 0 Å². The van der Waals surface area contributed by atoms with Crippen LogP contribution in [-0.2, 0) is 6.54 Å². The van der Waals surface area contributed by atoms with Gasteiger partial charge in [-0.2, -0.15) is 18.3 Å². The van der Waals surface area contributed by atoms with Gasteiger partial charge in [0.2, 0.25) is 0 Å². The van der Waals surface area contributed by atoms with Gasteiger partial charge >= 0.3 is 6.18 Å². The number of halogens is 4. The van der Waals surface area contributed by atoms with Crippen molar-refractivity contribution in [3.8, 4) is 0 Å². The molecular weight excluding hydrogens is 307 g/mol. The molecule has 0 amide bonds. The monoisotopic (exact) mass is 323 g/mol. The number of nitrogens with zero attached hydrogens (tertiary/aromatic N) is 2. The standard InChI is InChI=1S/C13H17ClF3N3O/c1-8(2)12(3-4-12)6-18-9-5-19-20(7-13(15,16)17)11(21)10(9)14/h5,8,18H,3-4,6-7H2,1-2H3. The van der Waals surface area contributed by atoms with E-state index >= 15 is 0 Å². The van der Waals surface area contributed by atoms with Crippen molar-refractivity contribution in [3.63, 3.8) is 0 Å². The molecule has 1 heterocycles. The minimum Gasteiger partial charge on any atom is -0.382 e. The van der Waals surface area contributed by atoms with E-state index in [0.29, 0.717) is 17.1 Å². The molecule has 0 radical (unpaired) electrons. The molecule has 0 aliphatic heterocycles. The van der Waals surface area contributed by atoms with Gasteiger partial charge in [-0.05, 0) is 24.2 Å². The molecule has 1 saturated carbocycles. The molecule has 0 atom stereocenters. The molecule has 8 heteroatoms. The van der Waals surface area contributed by atoms with Crippen LogP contribution in [0, 0.1) is 11.3 Å². The van der Waals surface area contributed by atoms with Gasteiger partial charge in [-0.15, -0.1) is 0 Å². The van der Waals surface area contributed by atoms with Crippen molar-refractivity contribution in [3.05, 3.63) is 21.6 Å². The Morgan fingerprint density at radius 1 is 1.48 bits per heavy atom. The first-order valence-corrected chi connectivity index (χ1v) is 7.09. The van der Waals surface area contributed by atoms with Gasteiger partial charge < -0.3 is 5.32 Å². The summed E-state index contributed by atoms with van der Waals surface area (Å²) in [6.45, 7) is 3.43. The summed E-state index contributed by atoms with van der Waals surface area (Å²) in [5.41, 5.74) is -0.468. The zero-order valence-corrected chi connectivity index (χ0v) is 12.6. The number of alkyl halides is 3. The van der Waals surface area contributed by atoms with Crippen molar-refractivity contribution in [2.24, 2.45) is 11.3 Å². The molecule has 0 saturated heterocycles. The van der Waals surface area contributed by atoms with Crippen LogP contribution in [0.1, 0.15) is 26.7 Å². The van der Waals surface area contributed by atoms with Crippen LogP contribution < -0.4 is 10.9 Å². The number of nitrogens with one attached hydrogen (secondary N) is 1. The molecule has 1 aromatic rings. The van der Waals surface area contributed by atoms with Crippen LogP contribution in [0.5, 0.6) is 0 Å². The first-order valence-electron chi connectivity index (χ1n) is 6.71. The summed E-state index contributed by atoms with van der Waals surface area (Å²) in [6, 6.07) is 0. The minimum absolute atomic E-state index is 0.185. The van der Waals surface area contributed by atoms with Gasteiger partial charge in [-0.1, -0.05) is 25.4 Å². The molecule has 1 aromatic heterocycles. The van der Waals surface area contributed by atoms with E-state index in [-0.39, 0.29) is 16.1 Å². The van der Waals surface area contributed by atoms with Crippen molar-refractivity contribution < 1.29 is 13.2 Å². The topological polar surface area (TPSA) is 46.9 Å². The van der Waals surface area contributed by atoms with Gasteiger partial charge in [0.05, 0.1) is 11.9 Å². The molecule has 1 aliphatic rings. The highest BCUT2D eigenvalue weighted by molar-refractivity contribution is 6.32. The Kier molecular flexibility index (Phi) is 4.24. The molecule has 0 spiro atoms. The van der Waals surface area contributed by atoms with Crippen LogP contribution in [0.4, 0.5) is 18.9 Å². The Balaban J connectivity index is 2.12. The number of rotatable bonds is 5. The van der Waals surface area contributed by atoms with Crippen LogP contribution in [0.15, 0.2) is 11.0 Å². The van der Waals surface area contributed by atoms with Crippen LogP contribution in [0.2, 0.25) is 5.02 Å². The fraction of sp³-hybridized carbons (Fsp3) is 0.692. The second kappa shape index (κ2) is 5.51. The van der Waals surface area contributed by atoms with Crippen LogP contribution >= 0.6 is 11.6 Å². The molecule has 1 N–H and O–H groups in total. The zero-order valence-electron chi connectivity index (χ0n) is 11.8. The fourth-order valence-electron chi connectivity index (χ4n) is 2.26. The maximum absolute atomic E-state index is 12.3. The van der Waals surface area contributed by atoms with Gasteiger partial charge in [0.15, 0.2) is 0 Å². The van der Waals surface area contributed by atoms with E-state index in [1.165, 1.54) is 6.20 Å². The molecule has 118 valence electrons. The Labute approximate surface area is 125 Å². The first-order chi connectivity index (χ1) is 9.65. The van der Waals surface area contributed by atoms with Crippen molar-refractivity contribution >= 4 is 17.3 Å². The number of hydrogen-bond acceptors (Lipinski definition) is 3. The third kappa shape index (κ3) is 3.70. The van der Waals surface area contributed by atoms with Crippen LogP contribution in [-0.4, -0.2) is 22.5 Å². The Bertz CT molecular complexity index is 579. The summed E-state index contributed by atoms with van der Waals surface area (Å²) in [6.07, 6.45) is -1.15. The van der Waals surface area contributed by atoms with Crippen LogP contribution in [0.25, 0.3) is 0 Å². The summed E-state index contributed by atoms with van der Waals surface area (Å²) in [7, 11) is 0. The fourth-order valence-corrected chi connectivity index (χ4v) is 2.47. The SMILES string of the molecule is CC(C)C1(CNc2cnn(CC(F)(F)F)c(=O)c2Cl)CC1. The molecule has 0 aromatic carbocycles. The molecular formula is C13H17ClF3N3O. The van der Waals surface area contributed by atoms with E-state index in [9.17, 15) is 18.0 Å². The maximum atomic E-state index is 12.3. The second-order valence-electron chi connectivity index (χ2n) is 5.82. The third-order valence-corrected chi connectivity index (χ3v) is 4.43. The average Bonchev–Trinajstić information content (AvgIpc) is 3.14.